The van der Waals surface area contributed by atoms with Gasteiger partial charge in [0.1, 0.15) is 0 Å². The molecule has 1 amide bonds. The van der Waals surface area contributed by atoms with Crippen LogP contribution in [-0.4, -0.2) is 60.3 Å². The number of benzene rings is 1. The number of hydrogen-bond donors (Lipinski definition) is 1. The topological polar surface area (TPSA) is 120 Å². The Balaban J connectivity index is 1.77. The number of sulfonamides is 1. The molecule has 1 aromatic carbocycles. The summed E-state index contributed by atoms with van der Waals surface area (Å²) >= 11 is 0. The Labute approximate surface area is 167 Å². The highest BCUT2D eigenvalue weighted by molar-refractivity contribution is 7.89. The van der Waals surface area contributed by atoms with Gasteiger partial charge in [-0.05, 0) is 42.5 Å². The lowest BCUT2D eigenvalue weighted by atomic mass is 10.2. The predicted octanol–water partition coefficient (Wildman–Crippen LogP) is 1.05. The minimum absolute atomic E-state index is 0.000880. The Kier molecular flexibility index (Phi) is 5.14. The van der Waals surface area contributed by atoms with Crippen LogP contribution in [0.25, 0.3) is 16.9 Å². The van der Waals surface area contributed by atoms with E-state index in [1.54, 1.807) is 46.2 Å². The average Bonchev–Trinajstić information content (AvgIpc) is 3.19. The number of carbonyl (C=O) groups excluding carboxylic acids is 1. The molecule has 0 spiro atoms. The van der Waals surface area contributed by atoms with Gasteiger partial charge in [0.05, 0.1) is 29.5 Å². The first-order valence-corrected chi connectivity index (χ1v) is 10.5. The Morgan fingerprint density at radius 2 is 1.83 bits per heavy atom. The SMILES string of the molecule is NS(=O)(=O)c1ccc(-n2nc(C(=O)N3CCOCC3)cc2-c2cccnc2)cc1. The van der Waals surface area contributed by atoms with Crippen molar-refractivity contribution in [3.8, 4) is 16.9 Å². The van der Waals surface area contributed by atoms with E-state index in [0.717, 1.165) is 5.56 Å². The van der Waals surface area contributed by atoms with E-state index in [1.165, 1.54) is 12.1 Å². The van der Waals surface area contributed by atoms with Crippen LogP contribution >= 0.6 is 0 Å². The first kappa shape index (κ1) is 19.2. The van der Waals surface area contributed by atoms with Gasteiger partial charge in [-0.25, -0.2) is 18.2 Å². The zero-order valence-electron chi connectivity index (χ0n) is 15.4. The summed E-state index contributed by atoms with van der Waals surface area (Å²) in [5, 5.41) is 9.67. The number of ether oxygens (including phenoxy) is 1. The third kappa shape index (κ3) is 4.04. The Morgan fingerprint density at radius 3 is 2.45 bits per heavy atom. The fraction of sp³-hybridized carbons (Fsp3) is 0.211. The molecule has 2 aromatic heterocycles. The number of amides is 1. The molecule has 1 saturated heterocycles. The number of nitrogens with two attached hydrogens (primary N) is 1. The normalized spacial score (nSPS) is 14.7. The van der Waals surface area contributed by atoms with Crippen molar-refractivity contribution in [2.75, 3.05) is 26.3 Å². The maximum absolute atomic E-state index is 12.9. The molecule has 3 aromatic rings. The van der Waals surface area contributed by atoms with E-state index in [0.29, 0.717) is 43.4 Å². The van der Waals surface area contributed by atoms with Gasteiger partial charge in [0, 0.05) is 31.0 Å². The quantitative estimate of drug-likeness (QED) is 0.683. The van der Waals surface area contributed by atoms with Crippen LogP contribution in [0.5, 0.6) is 0 Å². The summed E-state index contributed by atoms with van der Waals surface area (Å²) in [6.07, 6.45) is 3.33. The number of primary sulfonamides is 1. The summed E-state index contributed by atoms with van der Waals surface area (Å²) in [5.41, 5.74) is 2.33. The largest absolute Gasteiger partial charge is 0.378 e. The maximum Gasteiger partial charge on any atom is 0.274 e. The lowest BCUT2D eigenvalue weighted by Crippen LogP contribution is -2.40. The number of carbonyl (C=O) groups is 1. The van der Waals surface area contributed by atoms with Crippen LogP contribution < -0.4 is 5.14 Å². The predicted molar refractivity (Wildman–Crippen MR) is 105 cm³/mol. The molecule has 0 unspecified atom stereocenters. The van der Waals surface area contributed by atoms with E-state index in [9.17, 15) is 13.2 Å². The smallest absolute Gasteiger partial charge is 0.274 e. The maximum atomic E-state index is 12.9. The summed E-state index contributed by atoms with van der Waals surface area (Å²) in [6, 6.07) is 11.4. The van der Waals surface area contributed by atoms with Crippen LogP contribution in [0.3, 0.4) is 0 Å². The van der Waals surface area contributed by atoms with Crippen LogP contribution in [0.1, 0.15) is 10.5 Å². The van der Waals surface area contributed by atoms with Crippen molar-refractivity contribution in [3.63, 3.8) is 0 Å². The number of aromatic nitrogens is 3. The van der Waals surface area contributed by atoms with E-state index in [4.69, 9.17) is 9.88 Å². The van der Waals surface area contributed by atoms with Crippen LogP contribution in [0, 0.1) is 0 Å². The number of pyridine rings is 1. The Morgan fingerprint density at radius 1 is 1.10 bits per heavy atom. The molecule has 3 heterocycles. The van der Waals surface area contributed by atoms with Gasteiger partial charge < -0.3 is 9.64 Å². The third-order valence-corrected chi connectivity index (χ3v) is 5.52. The Hall–Kier alpha value is -3.08. The first-order valence-electron chi connectivity index (χ1n) is 8.94. The number of nitrogens with zero attached hydrogens (tertiary/aromatic N) is 4. The molecule has 0 aliphatic carbocycles. The lowest BCUT2D eigenvalue weighted by molar-refractivity contribution is 0.0298. The molecule has 150 valence electrons. The van der Waals surface area contributed by atoms with Crippen molar-refractivity contribution in [2.24, 2.45) is 5.14 Å². The van der Waals surface area contributed by atoms with Crippen molar-refractivity contribution in [1.29, 1.82) is 0 Å². The van der Waals surface area contributed by atoms with Crippen LogP contribution in [0.4, 0.5) is 0 Å². The molecule has 4 rings (SSSR count). The number of rotatable bonds is 4. The van der Waals surface area contributed by atoms with E-state index in [2.05, 4.69) is 10.1 Å². The minimum Gasteiger partial charge on any atom is -0.378 e. The van der Waals surface area contributed by atoms with Gasteiger partial charge in [-0.2, -0.15) is 5.10 Å². The molecule has 2 N–H and O–H groups in total. The lowest BCUT2D eigenvalue weighted by Gasteiger charge is -2.25. The van der Waals surface area contributed by atoms with Gasteiger partial charge in [0.2, 0.25) is 10.0 Å². The second kappa shape index (κ2) is 7.74. The molecular weight excluding hydrogens is 394 g/mol. The second-order valence-corrected chi connectivity index (χ2v) is 8.07. The van der Waals surface area contributed by atoms with Gasteiger partial charge in [0.25, 0.3) is 5.91 Å². The highest BCUT2D eigenvalue weighted by atomic mass is 32.2. The van der Waals surface area contributed by atoms with Gasteiger partial charge in [-0.1, -0.05) is 0 Å². The van der Waals surface area contributed by atoms with Crippen molar-refractivity contribution >= 4 is 15.9 Å². The standard InChI is InChI=1S/C19H19N5O4S/c20-29(26,27)16-5-3-15(4-6-16)24-18(14-2-1-7-21-13-14)12-17(22-24)19(25)23-8-10-28-11-9-23/h1-7,12-13H,8-11H2,(H2,20,26,27). The molecule has 0 bridgehead atoms. The molecule has 0 radical (unpaired) electrons. The summed E-state index contributed by atoms with van der Waals surface area (Å²) in [5.74, 6) is -0.182. The van der Waals surface area contributed by atoms with Gasteiger partial charge in [0.15, 0.2) is 5.69 Å². The molecule has 0 saturated carbocycles. The van der Waals surface area contributed by atoms with E-state index in [-0.39, 0.29) is 10.8 Å². The average molecular weight is 413 g/mol. The summed E-state index contributed by atoms with van der Waals surface area (Å²) in [6.45, 7) is 2.02. The van der Waals surface area contributed by atoms with Crippen LogP contribution in [0.2, 0.25) is 0 Å². The van der Waals surface area contributed by atoms with Crippen molar-refractivity contribution in [2.45, 2.75) is 4.90 Å². The minimum atomic E-state index is -3.80. The van der Waals surface area contributed by atoms with E-state index >= 15 is 0 Å². The molecule has 10 heteroatoms. The first-order chi connectivity index (χ1) is 13.9. The highest BCUT2D eigenvalue weighted by Gasteiger charge is 2.23. The molecule has 1 fully saturated rings. The summed E-state index contributed by atoms with van der Waals surface area (Å²) < 4.78 is 29.9. The van der Waals surface area contributed by atoms with Gasteiger partial charge >= 0.3 is 0 Å². The van der Waals surface area contributed by atoms with Crippen molar-refractivity contribution in [1.82, 2.24) is 19.7 Å². The molecule has 0 atom stereocenters. The molecule has 9 nitrogen and oxygen atoms in total. The van der Waals surface area contributed by atoms with E-state index in [1.807, 2.05) is 6.07 Å². The van der Waals surface area contributed by atoms with Crippen molar-refractivity contribution in [3.05, 3.63) is 60.6 Å². The zero-order chi connectivity index (χ0) is 20.4. The number of hydrogen-bond acceptors (Lipinski definition) is 6. The number of morpholine rings is 1. The van der Waals surface area contributed by atoms with Crippen LogP contribution in [0.15, 0.2) is 59.8 Å². The molecular formula is C19H19N5O4S. The molecule has 29 heavy (non-hydrogen) atoms. The second-order valence-electron chi connectivity index (χ2n) is 6.51. The fourth-order valence-electron chi connectivity index (χ4n) is 3.11. The highest BCUT2D eigenvalue weighted by Crippen LogP contribution is 2.25. The zero-order valence-corrected chi connectivity index (χ0v) is 16.2. The Bertz CT molecular complexity index is 1120. The molecule has 1 aliphatic rings. The summed E-state index contributed by atoms with van der Waals surface area (Å²) in [7, 11) is -3.80. The van der Waals surface area contributed by atoms with Crippen LogP contribution in [-0.2, 0) is 14.8 Å². The summed E-state index contributed by atoms with van der Waals surface area (Å²) in [4.78, 5) is 18.7. The third-order valence-electron chi connectivity index (χ3n) is 4.59. The monoisotopic (exact) mass is 413 g/mol. The molecule has 1 aliphatic heterocycles. The van der Waals surface area contributed by atoms with Crippen molar-refractivity contribution < 1.29 is 17.9 Å². The van der Waals surface area contributed by atoms with E-state index < -0.39 is 10.0 Å². The van der Waals surface area contributed by atoms with Gasteiger partial charge in [-0.3, -0.25) is 9.78 Å². The van der Waals surface area contributed by atoms with Gasteiger partial charge in [-0.15, -0.1) is 0 Å². The fourth-order valence-corrected chi connectivity index (χ4v) is 3.62.